The summed E-state index contributed by atoms with van der Waals surface area (Å²) in [5.74, 6) is -0.979. The Labute approximate surface area is 145 Å². The zero-order valence-corrected chi connectivity index (χ0v) is 14.4. The van der Waals surface area contributed by atoms with Gasteiger partial charge in [0.25, 0.3) is 0 Å². The van der Waals surface area contributed by atoms with Crippen molar-refractivity contribution in [3.63, 3.8) is 0 Å². The average molecular weight is 356 g/mol. The first kappa shape index (κ1) is 16.7. The predicted molar refractivity (Wildman–Crippen MR) is 88.5 cm³/mol. The van der Waals surface area contributed by atoms with Gasteiger partial charge in [-0.15, -0.1) is 0 Å². The maximum Gasteiger partial charge on any atom is 0.217 e. The molecule has 7 heteroatoms. The molecule has 2 heterocycles. The Hall–Kier alpha value is -1.14. The molecule has 124 valence electrons. The van der Waals surface area contributed by atoms with Crippen LogP contribution in [0.25, 0.3) is 0 Å². The summed E-state index contributed by atoms with van der Waals surface area (Å²) in [6.45, 7) is 3.14. The van der Waals surface area contributed by atoms with Crippen molar-refractivity contribution in [2.75, 3.05) is 6.61 Å². The van der Waals surface area contributed by atoms with Crippen LogP contribution in [0, 0.1) is 0 Å². The van der Waals surface area contributed by atoms with Crippen LogP contribution in [-0.2, 0) is 21.8 Å². The third-order valence-corrected chi connectivity index (χ3v) is 4.47. The van der Waals surface area contributed by atoms with Gasteiger partial charge in [-0.3, -0.25) is 0 Å². The predicted octanol–water partition coefficient (Wildman–Crippen LogP) is 4.04. The Kier molecular flexibility index (Phi) is 5.21. The molecule has 23 heavy (non-hydrogen) atoms. The number of aromatic nitrogens is 3. The summed E-state index contributed by atoms with van der Waals surface area (Å²) in [7, 11) is 0. The van der Waals surface area contributed by atoms with Gasteiger partial charge in [0, 0.05) is 10.6 Å². The van der Waals surface area contributed by atoms with Crippen molar-refractivity contribution in [1.82, 2.24) is 14.8 Å². The largest absolute Gasteiger partial charge is 0.344 e. The molecule has 0 saturated carbocycles. The van der Waals surface area contributed by atoms with Crippen LogP contribution in [0.5, 0.6) is 0 Å². The molecule has 1 saturated heterocycles. The van der Waals surface area contributed by atoms with E-state index in [9.17, 15) is 0 Å². The highest BCUT2D eigenvalue weighted by Gasteiger charge is 2.42. The van der Waals surface area contributed by atoms with E-state index in [4.69, 9.17) is 32.7 Å². The zero-order chi connectivity index (χ0) is 16.3. The number of halogens is 2. The van der Waals surface area contributed by atoms with Crippen LogP contribution < -0.4 is 0 Å². The van der Waals surface area contributed by atoms with Gasteiger partial charge in [-0.25, -0.2) is 9.67 Å². The van der Waals surface area contributed by atoms with Crippen molar-refractivity contribution in [2.24, 2.45) is 0 Å². The second-order valence-corrected chi connectivity index (χ2v) is 6.48. The summed E-state index contributed by atoms with van der Waals surface area (Å²) in [5, 5.41) is 5.28. The van der Waals surface area contributed by atoms with Gasteiger partial charge in [-0.2, -0.15) is 5.10 Å². The molecule has 0 radical (unpaired) electrons. The lowest BCUT2D eigenvalue weighted by atomic mass is 10.0. The van der Waals surface area contributed by atoms with Gasteiger partial charge in [0.15, 0.2) is 0 Å². The van der Waals surface area contributed by atoms with Crippen molar-refractivity contribution in [3.05, 3.63) is 46.5 Å². The van der Waals surface area contributed by atoms with Crippen LogP contribution in [0.4, 0.5) is 0 Å². The highest BCUT2D eigenvalue weighted by Crippen LogP contribution is 2.40. The Morgan fingerprint density at radius 2 is 2.26 bits per heavy atom. The monoisotopic (exact) mass is 355 g/mol. The topological polar surface area (TPSA) is 49.2 Å². The zero-order valence-electron chi connectivity index (χ0n) is 12.9. The van der Waals surface area contributed by atoms with Crippen molar-refractivity contribution in [3.8, 4) is 0 Å². The molecule has 2 aromatic rings. The number of hydrogen-bond acceptors (Lipinski definition) is 4. The fraction of sp³-hybridized carbons (Fsp3) is 0.500. The Morgan fingerprint density at radius 3 is 2.96 bits per heavy atom. The molecule has 2 unspecified atom stereocenters. The van der Waals surface area contributed by atoms with Gasteiger partial charge in [0.05, 0.1) is 17.7 Å². The van der Waals surface area contributed by atoms with E-state index < -0.39 is 5.79 Å². The first-order valence-corrected chi connectivity index (χ1v) is 8.48. The van der Waals surface area contributed by atoms with Crippen LogP contribution in [0.1, 0.15) is 31.7 Å². The molecule has 2 atom stereocenters. The second kappa shape index (κ2) is 7.18. The minimum Gasteiger partial charge on any atom is -0.344 e. The van der Waals surface area contributed by atoms with Crippen molar-refractivity contribution >= 4 is 23.2 Å². The molecular weight excluding hydrogens is 337 g/mol. The van der Waals surface area contributed by atoms with Crippen molar-refractivity contribution in [2.45, 2.75) is 44.6 Å². The quantitative estimate of drug-likeness (QED) is 0.811. The summed E-state index contributed by atoms with van der Waals surface area (Å²) >= 11 is 12.5. The van der Waals surface area contributed by atoms with E-state index >= 15 is 0 Å². The van der Waals surface area contributed by atoms with E-state index in [2.05, 4.69) is 17.0 Å². The highest BCUT2D eigenvalue weighted by atomic mass is 35.5. The average Bonchev–Trinajstić information content (AvgIpc) is 3.00. The molecule has 0 amide bonds. The summed E-state index contributed by atoms with van der Waals surface area (Å²) in [6, 6.07) is 5.36. The van der Waals surface area contributed by atoms with Gasteiger partial charge < -0.3 is 9.47 Å². The Bertz CT molecular complexity index is 649. The van der Waals surface area contributed by atoms with E-state index in [1.54, 1.807) is 23.1 Å². The minimum absolute atomic E-state index is 0.129. The molecule has 1 fully saturated rings. The molecule has 0 aliphatic carbocycles. The lowest BCUT2D eigenvalue weighted by Crippen LogP contribution is -2.45. The maximum atomic E-state index is 6.43. The van der Waals surface area contributed by atoms with E-state index in [1.165, 1.54) is 6.33 Å². The molecule has 0 N–H and O–H groups in total. The standard InChI is InChI=1S/C16H19Cl2N3O2/c1-2-3-13-6-7-22-16(23-13,9-21-11-19-10-20-21)14-5-4-12(17)8-15(14)18/h4-5,8,10-11,13H,2-3,6-7,9H2,1H3. The molecule has 0 spiro atoms. The number of ether oxygens (including phenoxy) is 2. The smallest absolute Gasteiger partial charge is 0.217 e. The molecule has 1 aromatic carbocycles. The van der Waals surface area contributed by atoms with Crippen LogP contribution >= 0.6 is 23.2 Å². The van der Waals surface area contributed by atoms with Gasteiger partial charge in [0.1, 0.15) is 19.2 Å². The Morgan fingerprint density at radius 1 is 1.39 bits per heavy atom. The van der Waals surface area contributed by atoms with Gasteiger partial charge in [-0.1, -0.05) is 42.6 Å². The van der Waals surface area contributed by atoms with Gasteiger partial charge >= 0.3 is 0 Å². The summed E-state index contributed by atoms with van der Waals surface area (Å²) in [4.78, 5) is 3.99. The maximum absolute atomic E-state index is 6.43. The fourth-order valence-corrected chi connectivity index (χ4v) is 3.43. The lowest BCUT2D eigenvalue weighted by molar-refractivity contribution is -0.311. The number of nitrogens with zero attached hydrogens (tertiary/aromatic N) is 3. The van der Waals surface area contributed by atoms with Crippen LogP contribution in [0.2, 0.25) is 10.0 Å². The summed E-state index contributed by atoms with van der Waals surface area (Å²) in [6.07, 6.45) is 6.17. The fourth-order valence-electron chi connectivity index (χ4n) is 2.88. The molecule has 3 rings (SSSR count). The number of rotatable bonds is 5. The summed E-state index contributed by atoms with van der Waals surface area (Å²) < 4.78 is 14.1. The van der Waals surface area contributed by atoms with E-state index in [1.807, 2.05) is 6.07 Å². The number of benzene rings is 1. The molecule has 0 bridgehead atoms. The van der Waals surface area contributed by atoms with Crippen LogP contribution in [0.15, 0.2) is 30.9 Å². The lowest BCUT2D eigenvalue weighted by Gasteiger charge is -2.41. The third-order valence-electron chi connectivity index (χ3n) is 3.92. The minimum atomic E-state index is -0.979. The highest BCUT2D eigenvalue weighted by molar-refractivity contribution is 6.35. The second-order valence-electron chi connectivity index (χ2n) is 5.64. The SMILES string of the molecule is CCCC1CCOC(Cn2cncn2)(c2ccc(Cl)cc2Cl)O1. The first-order valence-electron chi connectivity index (χ1n) is 7.72. The normalized spacial score (nSPS) is 24.7. The van der Waals surface area contributed by atoms with Gasteiger partial charge in [0.2, 0.25) is 5.79 Å². The van der Waals surface area contributed by atoms with Crippen molar-refractivity contribution < 1.29 is 9.47 Å². The van der Waals surface area contributed by atoms with E-state index in [-0.39, 0.29) is 6.10 Å². The third kappa shape index (κ3) is 3.69. The van der Waals surface area contributed by atoms with Crippen LogP contribution in [0.3, 0.4) is 0 Å². The molecule has 1 aliphatic heterocycles. The van der Waals surface area contributed by atoms with Crippen LogP contribution in [-0.4, -0.2) is 27.5 Å². The summed E-state index contributed by atoms with van der Waals surface area (Å²) in [5.41, 5.74) is 0.764. The van der Waals surface area contributed by atoms with E-state index in [0.717, 1.165) is 24.8 Å². The number of hydrogen-bond donors (Lipinski definition) is 0. The molecule has 5 nitrogen and oxygen atoms in total. The van der Waals surface area contributed by atoms with Gasteiger partial charge in [-0.05, 0) is 25.0 Å². The molecule has 1 aromatic heterocycles. The molecule has 1 aliphatic rings. The Balaban J connectivity index is 1.98. The van der Waals surface area contributed by atoms with E-state index in [0.29, 0.717) is 23.2 Å². The van der Waals surface area contributed by atoms with Crippen molar-refractivity contribution in [1.29, 1.82) is 0 Å². The first-order chi connectivity index (χ1) is 11.1. The molecular formula is C16H19Cl2N3O2.